The lowest BCUT2D eigenvalue weighted by Gasteiger charge is -2.01. The van der Waals surface area contributed by atoms with Crippen molar-refractivity contribution in [3.05, 3.63) is 40.3 Å². The third kappa shape index (κ3) is 1.15. The minimum atomic E-state index is -0.175. The molecule has 3 rings (SSSR count). The van der Waals surface area contributed by atoms with Crippen molar-refractivity contribution < 1.29 is 5.11 Å². The van der Waals surface area contributed by atoms with Gasteiger partial charge in [0.2, 0.25) is 0 Å². The molecule has 5 nitrogen and oxygen atoms in total. The second kappa shape index (κ2) is 3.18. The van der Waals surface area contributed by atoms with Crippen molar-refractivity contribution in [2.24, 2.45) is 0 Å². The average molecular weight is 215 g/mol. The lowest BCUT2D eigenvalue weighted by atomic mass is 10.1. The van der Waals surface area contributed by atoms with Gasteiger partial charge in [0.05, 0.1) is 29.2 Å². The Morgan fingerprint density at radius 2 is 2.19 bits per heavy atom. The predicted molar refractivity (Wildman–Crippen MR) is 60.1 cm³/mol. The number of pyridine rings is 1. The van der Waals surface area contributed by atoms with Gasteiger partial charge in [-0.3, -0.25) is 9.89 Å². The normalized spacial score (nSPS) is 11.3. The number of hydrogen-bond donors (Lipinski definition) is 3. The molecule has 0 aliphatic heterocycles. The lowest BCUT2D eigenvalue weighted by Crippen LogP contribution is -2.05. The summed E-state index contributed by atoms with van der Waals surface area (Å²) < 4.78 is 0. The first-order chi connectivity index (χ1) is 7.79. The van der Waals surface area contributed by atoms with E-state index >= 15 is 0 Å². The number of aliphatic hydroxyl groups is 1. The van der Waals surface area contributed by atoms with E-state index in [0.29, 0.717) is 10.9 Å². The summed E-state index contributed by atoms with van der Waals surface area (Å²) in [5.74, 6) is 0. The number of aromatic nitrogens is 3. The Labute approximate surface area is 89.7 Å². The fourth-order valence-corrected chi connectivity index (χ4v) is 1.86. The zero-order valence-corrected chi connectivity index (χ0v) is 8.32. The number of benzene rings is 1. The van der Waals surface area contributed by atoms with Crippen LogP contribution in [0.3, 0.4) is 0 Å². The summed E-state index contributed by atoms with van der Waals surface area (Å²) in [5.41, 5.74) is 2.02. The summed E-state index contributed by atoms with van der Waals surface area (Å²) >= 11 is 0. The minimum Gasteiger partial charge on any atom is -0.392 e. The largest absolute Gasteiger partial charge is 0.392 e. The lowest BCUT2D eigenvalue weighted by molar-refractivity contribution is 0.282. The quantitative estimate of drug-likeness (QED) is 0.564. The van der Waals surface area contributed by atoms with Crippen molar-refractivity contribution in [1.29, 1.82) is 0 Å². The molecule has 0 saturated carbocycles. The van der Waals surface area contributed by atoms with Crippen molar-refractivity contribution in [3.8, 4) is 0 Å². The first-order valence-corrected chi connectivity index (χ1v) is 4.88. The molecule has 0 fully saturated rings. The minimum absolute atomic E-state index is 0.0427. The van der Waals surface area contributed by atoms with E-state index in [1.165, 1.54) is 6.20 Å². The van der Waals surface area contributed by atoms with Crippen LogP contribution in [0.4, 0.5) is 0 Å². The number of fused-ring (bicyclic) bond motifs is 3. The number of nitrogens with one attached hydrogen (secondary N) is 2. The second-order valence-electron chi connectivity index (χ2n) is 3.65. The zero-order chi connectivity index (χ0) is 11.1. The maximum Gasteiger partial charge on any atom is 0.259 e. The molecular formula is C11H9N3O2. The summed E-state index contributed by atoms with van der Waals surface area (Å²) in [5, 5.41) is 17.1. The summed E-state index contributed by atoms with van der Waals surface area (Å²) in [6.07, 6.45) is 1.51. The molecule has 5 heteroatoms. The molecule has 2 heterocycles. The Morgan fingerprint density at radius 1 is 1.31 bits per heavy atom. The van der Waals surface area contributed by atoms with Crippen LogP contribution in [0.5, 0.6) is 0 Å². The van der Waals surface area contributed by atoms with Gasteiger partial charge in [-0.25, -0.2) is 0 Å². The summed E-state index contributed by atoms with van der Waals surface area (Å²) in [7, 11) is 0. The molecule has 1 aromatic carbocycles. The molecule has 0 unspecified atom stereocenters. The Morgan fingerprint density at radius 3 is 3.00 bits per heavy atom. The third-order valence-electron chi connectivity index (χ3n) is 2.67. The first kappa shape index (κ1) is 9.11. The molecule has 0 atom stereocenters. The highest BCUT2D eigenvalue weighted by Gasteiger charge is 2.06. The molecule has 0 radical (unpaired) electrons. The molecule has 3 aromatic rings. The highest BCUT2D eigenvalue weighted by Crippen LogP contribution is 2.19. The van der Waals surface area contributed by atoms with Crippen LogP contribution < -0.4 is 5.56 Å². The van der Waals surface area contributed by atoms with Crippen LogP contribution in [0.15, 0.2) is 29.2 Å². The highest BCUT2D eigenvalue weighted by atomic mass is 16.3. The molecule has 3 N–H and O–H groups in total. The number of hydrogen-bond acceptors (Lipinski definition) is 3. The molecule has 0 aliphatic carbocycles. The van der Waals surface area contributed by atoms with Gasteiger partial charge in [0, 0.05) is 5.39 Å². The number of nitrogens with zero attached hydrogens (tertiary/aromatic N) is 1. The Hall–Kier alpha value is -2.14. The maximum atomic E-state index is 11.7. The van der Waals surface area contributed by atoms with Crippen LogP contribution in [-0.2, 0) is 6.61 Å². The van der Waals surface area contributed by atoms with Gasteiger partial charge in [0.25, 0.3) is 5.56 Å². The van der Waals surface area contributed by atoms with Gasteiger partial charge in [-0.2, -0.15) is 5.10 Å². The molecular weight excluding hydrogens is 206 g/mol. The van der Waals surface area contributed by atoms with E-state index < -0.39 is 0 Å². The van der Waals surface area contributed by atoms with Gasteiger partial charge in [-0.05, 0) is 11.6 Å². The summed E-state index contributed by atoms with van der Waals surface area (Å²) in [4.78, 5) is 14.4. The Balaban J connectivity index is 2.53. The first-order valence-electron chi connectivity index (χ1n) is 4.88. The smallest absolute Gasteiger partial charge is 0.259 e. The van der Waals surface area contributed by atoms with E-state index in [4.69, 9.17) is 5.11 Å². The van der Waals surface area contributed by atoms with Crippen LogP contribution in [-0.4, -0.2) is 20.3 Å². The number of H-pyrrole nitrogens is 2. The third-order valence-corrected chi connectivity index (χ3v) is 2.67. The standard InChI is InChI=1S/C11H9N3O2/c15-5-6-1-2-7-9(3-6)13-11(16)8-4-12-14-10(7)8/h1-4,15H,5H2,(H,12,14)(H,13,16). The van der Waals surface area contributed by atoms with Crippen molar-refractivity contribution in [2.75, 3.05) is 0 Å². The van der Waals surface area contributed by atoms with Crippen molar-refractivity contribution in [3.63, 3.8) is 0 Å². The molecule has 80 valence electrons. The fraction of sp³-hybridized carbons (Fsp3) is 0.0909. The van der Waals surface area contributed by atoms with Crippen LogP contribution >= 0.6 is 0 Å². The zero-order valence-electron chi connectivity index (χ0n) is 8.32. The van der Waals surface area contributed by atoms with Gasteiger partial charge < -0.3 is 10.1 Å². The topological polar surface area (TPSA) is 81.8 Å². The number of aromatic amines is 2. The monoisotopic (exact) mass is 215 g/mol. The Bertz CT molecular complexity index is 727. The van der Waals surface area contributed by atoms with E-state index in [9.17, 15) is 4.79 Å². The van der Waals surface area contributed by atoms with Gasteiger partial charge in [-0.1, -0.05) is 12.1 Å². The molecule has 0 bridgehead atoms. The van der Waals surface area contributed by atoms with Gasteiger partial charge in [-0.15, -0.1) is 0 Å². The van der Waals surface area contributed by atoms with Crippen LogP contribution in [0.25, 0.3) is 21.8 Å². The molecule has 0 amide bonds. The summed E-state index contributed by atoms with van der Waals surface area (Å²) in [6.45, 7) is -0.0427. The van der Waals surface area contributed by atoms with Crippen LogP contribution in [0.1, 0.15) is 5.56 Å². The molecule has 16 heavy (non-hydrogen) atoms. The van der Waals surface area contributed by atoms with Crippen LogP contribution in [0, 0.1) is 0 Å². The second-order valence-corrected chi connectivity index (χ2v) is 3.65. The van der Waals surface area contributed by atoms with E-state index in [1.807, 2.05) is 12.1 Å². The molecule has 0 saturated heterocycles. The van der Waals surface area contributed by atoms with Crippen molar-refractivity contribution in [2.45, 2.75) is 6.61 Å². The van der Waals surface area contributed by atoms with E-state index in [-0.39, 0.29) is 12.2 Å². The maximum absolute atomic E-state index is 11.7. The highest BCUT2D eigenvalue weighted by molar-refractivity contribution is 6.02. The van der Waals surface area contributed by atoms with Crippen molar-refractivity contribution in [1.82, 2.24) is 15.2 Å². The van der Waals surface area contributed by atoms with Gasteiger partial charge in [0.15, 0.2) is 0 Å². The molecule has 0 aliphatic rings. The number of aliphatic hydroxyl groups excluding tert-OH is 1. The molecule has 0 spiro atoms. The van der Waals surface area contributed by atoms with E-state index in [1.54, 1.807) is 6.07 Å². The predicted octanol–water partition coefficient (Wildman–Crippen LogP) is 0.897. The Kier molecular flexibility index (Phi) is 1.81. The molecule has 2 aromatic heterocycles. The summed E-state index contributed by atoms with van der Waals surface area (Å²) in [6, 6.07) is 5.44. The van der Waals surface area contributed by atoms with Crippen molar-refractivity contribution >= 4 is 21.8 Å². The van der Waals surface area contributed by atoms with E-state index in [0.717, 1.165) is 16.5 Å². The van der Waals surface area contributed by atoms with Crippen LogP contribution in [0.2, 0.25) is 0 Å². The average Bonchev–Trinajstić information content (AvgIpc) is 2.78. The number of rotatable bonds is 1. The SMILES string of the molecule is O=c1[nH]c2cc(CO)ccc2c2[nH]ncc12. The fourth-order valence-electron chi connectivity index (χ4n) is 1.86. The van der Waals surface area contributed by atoms with E-state index in [2.05, 4.69) is 15.2 Å². The van der Waals surface area contributed by atoms with Gasteiger partial charge in [0.1, 0.15) is 0 Å². The van der Waals surface area contributed by atoms with Gasteiger partial charge >= 0.3 is 0 Å².